The molecule has 8 aromatic heterocycles. The van der Waals surface area contributed by atoms with Gasteiger partial charge in [0.1, 0.15) is 33.8 Å². The summed E-state index contributed by atoms with van der Waals surface area (Å²) in [5.74, 6) is 0.467. The summed E-state index contributed by atoms with van der Waals surface area (Å²) in [5.41, 5.74) is 26.2. The summed E-state index contributed by atoms with van der Waals surface area (Å²) in [5, 5.41) is 32.3. The Kier molecular flexibility index (Phi) is 29.6. The minimum Gasteiger partial charge on any atom is -0.497 e. The maximum Gasteiger partial charge on any atom is 0.413 e. The zero-order chi connectivity index (χ0) is 99.4. The molecule has 12 N–H and O–H groups in total. The third-order valence-electron chi connectivity index (χ3n) is 22.6. The smallest absolute Gasteiger partial charge is 0.413 e. The first-order valence-electron chi connectivity index (χ1n) is 45.1. The lowest BCUT2D eigenvalue weighted by Gasteiger charge is -2.22. The molecule has 0 aliphatic rings. The van der Waals surface area contributed by atoms with Gasteiger partial charge in [-0.15, -0.1) is 10.2 Å². The number of amides is 4. The fourth-order valence-corrected chi connectivity index (χ4v) is 16.5. The molecule has 31 nitrogen and oxygen atoms in total. The van der Waals surface area contributed by atoms with Crippen molar-refractivity contribution in [2.45, 2.75) is 118 Å². The van der Waals surface area contributed by atoms with E-state index in [9.17, 15) is 38.4 Å². The van der Waals surface area contributed by atoms with Gasteiger partial charge in [-0.1, -0.05) is 157 Å². The zero-order valence-electron chi connectivity index (χ0n) is 79.1. The fraction of sp³-hybridized carbons (Fsp3) is 0.185. The largest absolute Gasteiger partial charge is 0.497 e. The summed E-state index contributed by atoms with van der Waals surface area (Å²) in [4.78, 5) is 116. The average molecular weight is 1900 g/mol. The number of para-hydroxylation sites is 4. The highest BCUT2D eigenvalue weighted by molar-refractivity contribution is 6.35. The first-order valence-corrected chi connectivity index (χ1v) is 45.5. The molecule has 18 aromatic rings. The molecule has 140 heavy (non-hydrogen) atoms. The van der Waals surface area contributed by atoms with Crippen molar-refractivity contribution in [2.75, 3.05) is 41.2 Å². The van der Waals surface area contributed by atoms with Crippen LogP contribution >= 0.6 is 11.6 Å². The normalized spacial score (nSPS) is 12.2. The van der Waals surface area contributed by atoms with Crippen molar-refractivity contribution in [1.82, 2.24) is 58.1 Å². The van der Waals surface area contributed by atoms with Gasteiger partial charge in [-0.2, -0.15) is 0 Å². The summed E-state index contributed by atoms with van der Waals surface area (Å²) in [6.45, 7) is 18.8. The molecule has 0 saturated carbocycles. The molecule has 10 aromatic carbocycles. The summed E-state index contributed by atoms with van der Waals surface area (Å²) < 4.78 is 30.5. The van der Waals surface area contributed by atoms with Gasteiger partial charge in [0.05, 0.1) is 52.9 Å². The molecule has 712 valence electrons. The monoisotopic (exact) mass is 1900 g/mol. The SMILES string of the molecule is COc1ccc(CNc2cccc3cc([C@H](C)N)n(-c4ccccc4)c(=O)c23)cc1.COc1ccc(CNc2cccc3cc([C@H](C)NC(=O)c4c(NC(=O)OC(C)(C)C)nn5cccnc45)n(-c4ccccc4)c(=O)c23)cc1.C[C@H](N)c1cc2cccc(Cl)c2c(=O)n1-c1ccccc1.C[C@H](NC(=O)c1c(NC(=O)OC(C)(C)C)nn2cccnc12)c1cc2cccc(N)c2c(=O)n1-c1ccccc1. The molecule has 0 aliphatic heterocycles. The first-order chi connectivity index (χ1) is 67.2. The summed E-state index contributed by atoms with van der Waals surface area (Å²) in [6.07, 6.45) is 4.77. The lowest BCUT2D eigenvalue weighted by molar-refractivity contribution is 0.0623. The van der Waals surface area contributed by atoms with E-state index in [0.717, 1.165) is 61.8 Å². The minimum absolute atomic E-state index is 0.00983. The molecule has 18 rings (SSSR count). The van der Waals surface area contributed by atoms with Crippen molar-refractivity contribution in [3.8, 4) is 34.2 Å². The van der Waals surface area contributed by atoms with Crippen LogP contribution in [0.1, 0.15) is 148 Å². The van der Waals surface area contributed by atoms with Crippen LogP contribution in [-0.2, 0) is 22.6 Å². The van der Waals surface area contributed by atoms with Gasteiger partial charge in [0.15, 0.2) is 22.9 Å². The Balaban J connectivity index is 0.000000147. The number of hydrogen-bond acceptors (Lipinski definition) is 21. The molecule has 0 radical (unpaired) electrons. The Morgan fingerprint density at radius 1 is 0.393 bits per heavy atom. The third kappa shape index (κ3) is 22.1. The van der Waals surface area contributed by atoms with Crippen LogP contribution in [0.15, 0.2) is 323 Å². The van der Waals surface area contributed by atoms with Gasteiger partial charge in [0.2, 0.25) is 0 Å². The number of nitrogen functional groups attached to an aromatic ring is 1. The van der Waals surface area contributed by atoms with Gasteiger partial charge < -0.3 is 57.4 Å². The number of methoxy groups -OCH3 is 2. The maximum atomic E-state index is 14.5. The molecule has 0 fully saturated rings. The van der Waals surface area contributed by atoms with E-state index in [1.54, 1.807) is 132 Å². The van der Waals surface area contributed by atoms with Crippen LogP contribution in [0.5, 0.6) is 11.5 Å². The van der Waals surface area contributed by atoms with Crippen molar-refractivity contribution in [3.63, 3.8) is 0 Å². The van der Waals surface area contributed by atoms with Crippen LogP contribution < -0.4 is 80.8 Å². The molecule has 0 spiro atoms. The number of nitrogens with one attached hydrogen (secondary N) is 6. The number of anilines is 5. The molecule has 32 heteroatoms. The molecule has 4 atom stereocenters. The number of fused-ring (bicyclic) bond motifs is 6. The number of carbonyl (C=O) groups excluding carboxylic acids is 4. The van der Waals surface area contributed by atoms with Crippen molar-refractivity contribution < 1.29 is 38.1 Å². The summed E-state index contributed by atoms with van der Waals surface area (Å²) in [6, 6.07) is 84.4. The first kappa shape index (κ1) is 97.5. The average Bonchev–Trinajstić information content (AvgIpc) is 0.794. The van der Waals surface area contributed by atoms with Gasteiger partial charge in [-0.25, -0.2) is 28.6 Å². The highest BCUT2D eigenvalue weighted by atomic mass is 35.5. The quantitative estimate of drug-likeness (QED) is 0.0285. The van der Waals surface area contributed by atoms with Crippen molar-refractivity contribution in [1.29, 1.82) is 0 Å². The second-order valence-corrected chi connectivity index (χ2v) is 35.5. The van der Waals surface area contributed by atoms with E-state index >= 15 is 0 Å². The molecule has 4 amide bonds. The van der Waals surface area contributed by atoms with Crippen molar-refractivity contribution >= 4 is 119 Å². The van der Waals surface area contributed by atoms with Crippen LogP contribution in [0.4, 0.5) is 38.3 Å². The molecule has 0 bridgehead atoms. The molecular formula is C108H106ClN19O12. The van der Waals surface area contributed by atoms with Crippen LogP contribution in [0, 0.1) is 0 Å². The number of hydrogen-bond donors (Lipinski definition) is 9. The second-order valence-electron chi connectivity index (χ2n) is 35.1. The van der Waals surface area contributed by atoms with Crippen LogP contribution in [0.2, 0.25) is 5.02 Å². The number of halogens is 1. The van der Waals surface area contributed by atoms with Crippen molar-refractivity contribution in [3.05, 3.63) is 395 Å². The highest BCUT2D eigenvalue weighted by Gasteiger charge is 2.31. The standard InChI is InChI=1S/C37H37N7O5.C29H29N7O4.C25H25N3O2.C17H15ClN2O/c1-23(40-34(45)31-32(41-36(47)49-37(2,3)4)42-43-20-10-19-38-33(31)43)29-21-25-11-9-14-28(39-22-24-15-17-27(48-5)18-16-24)30(25)35(46)44(29)26-12-7-6-8-13-26;1-17(21-16-18-10-8-13-20(30)22(18)27(38)36(21)19-11-6-5-7-12-19)32-26(37)23-24(33-28(39)40-29(2,3)4)34-35-15-9-14-31-25(23)35;1-17(26)23-15-19-7-6-10-22(27-16-18-11-13-21(30-2)14-12-18)24(19)25(29)28(23)20-8-4-3-5-9-20;1-11(19)15-10-12-6-5-9-14(18)16(12)17(21)20(15)13-7-3-2-4-8-13/h6-21,23,39H,22H2,1-5H3,(H,40,45)(H,41,42,47);5-17H,30H2,1-4H3,(H,32,37)(H,33,34,39);3-15,17,27H,16,26H2,1-2H3;2-11H,19H2,1H3/t23-;2*17-;11-/m0000/s1. The number of aromatic nitrogens is 10. The predicted octanol–water partition coefficient (Wildman–Crippen LogP) is 19.2. The van der Waals surface area contributed by atoms with E-state index in [-0.39, 0.29) is 68.4 Å². The third-order valence-corrected chi connectivity index (χ3v) is 22.9. The van der Waals surface area contributed by atoms with E-state index in [0.29, 0.717) is 84.6 Å². The fourth-order valence-electron chi connectivity index (χ4n) is 16.2. The van der Waals surface area contributed by atoms with E-state index in [1.165, 1.54) is 26.0 Å². The number of ether oxygens (including phenoxy) is 4. The Bertz CT molecular complexity index is 7880. The predicted molar refractivity (Wildman–Crippen MR) is 551 cm³/mol. The number of rotatable bonds is 22. The molecule has 0 unspecified atom stereocenters. The van der Waals surface area contributed by atoms with Gasteiger partial charge in [0.25, 0.3) is 34.1 Å². The van der Waals surface area contributed by atoms with Crippen LogP contribution in [0.3, 0.4) is 0 Å². The molecule has 8 heterocycles. The number of nitrogens with zero attached hydrogens (tertiary/aromatic N) is 10. The number of pyridine rings is 4. The Hall–Kier alpha value is -17.0. The molecule has 0 saturated heterocycles. The number of carbonyl (C=O) groups is 4. The Labute approximate surface area is 810 Å². The maximum absolute atomic E-state index is 14.5. The van der Waals surface area contributed by atoms with Gasteiger partial charge in [-0.3, -0.25) is 57.7 Å². The molecule has 0 aliphatic carbocycles. The second kappa shape index (κ2) is 42.5. The Morgan fingerprint density at radius 3 is 1.07 bits per heavy atom. The van der Waals surface area contributed by atoms with E-state index in [4.69, 9.17) is 47.7 Å². The van der Waals surface area contributed by atoms with E-state index in [1.807, 2.05) is 257 Å². The number of nitrogens with two attached hydrogens (primary N) is 3. The highest BCUT2D eigenvalue weighted by Crippen LogP contribution is 2.34. The van der Waals surface area contributed by atoms with Crippen LogP contribution in [-0.4, -0.2) is 96.9 Å². The molecular weight excluding hydrogens is 1790 g/mol. The minimum atomic E-state index is -0.763. The Morgan fingerprint density at radius 2 is 0.714 bits per heavy atom. The topological polar surface area (TPSA) is 404 Å². The lowest BCUT2D eigenvalue weighted by atomic mass is 10.1. The number of benzene rings is 10. The van der Waals surface area contributed by atoms with Crippen molar-refractivity contribution in [2.24, 2.45) is 11.5 Å². The van der Waals surface area contributed by atoms with E-state index in [2.05, 4.69) is 52.1 Å². The lowest BCUT2D eigenvalue weighted by Crippen LogP contribution is -2.33. The zero-order valence-corrected chi connectivity index (χ0v) is 79.8. The summed E-state index contributed by atoms with van der Waals surface area (Å²) in [7, 11) is 3.28. The van der Waals surface area contributed by atoms with Crippen LogP contribution in [0.25, 0.3) is 77.1 Å². The van der Waals surface area contributed by atoms with E-state index < -0.39 is 47.3 Å². The summed E-state index contributed by atoms with van der Waals surface area (Å²) >= 11 is 6.21. The van der Waals surface area contributed by atoms with Gasteiger partial charge in [0, 0.05) is 113 Å². The van der Waals surface area contributed by atoms with Gasteiger partial charge in [-0.05, 0) is 235 Å². The van der Waals surface area contributed by atoms with Gasteiger partial charge >= 0.3 is 12.2 Å².